The predicted octanol–water partition coefficient (Wildman–Crippen LogP) is 9.31. The summed E-state index contributed by atoms with van der Waals surface area (Å²) in [5.41, 5.74) is 3.01. The predicted molar refractivity (Wildman–Crippen MR) is 152 cm³/mol. The molecule has 2 aromatic rings. The first-order valence-corrected chi connectivity index (χ1v) is 14.2. The van der Waals surface area contributed by atoms with Gasteiger partial charge in [-0.05, 0) is 71.9 Å². The summed E-state index contributed by atoms with van der Waals surface area (Å²) in [6.45, 7) is 23.5. The zero-order valence-corrected chi connectivity index (χ0v) is 23.8. The van der Waals surface area contributed by atoms with E-state index in [0.717, 1.165) is 0 Å². The lowest BCUT2D eigenvalue weighted by atomic mass is 9.50. The van der Waals surface area contributed by atoms with E-state index in [2.05, 4.69) is 116 Å². The summed E-state index contributed by atoms with van der Waals surface area (Å²) in [5.74, 6) is 0. The molecule has 0 saturated heterocycles. The van der Waals surface area contributed by atoms with Gasteiger partial charge in [0.05, 0.1) is 19.6 Å². The highest BCUT2D eigenvalue weighted by Crippen LogP contribution is 2.57. The molecule has 1 nitrogen and oxygen atoms in total. The van der Waals surface area contributed by atoms with E-state index in [9.17, 15) is 0 Å². The van der Waals surface area contributed by atoms with Crippen molar-refractivity contribution in [3.8, 4) is 0 Å². The van der Waals surface area contributed by atoms with E-state index in [4.69, 9.17) is 0 Å². The molecule has 1 heteroatoms. The number of hydrogen-bond donors (Lipinski definition) is 0. The van der Waals surface area contributed by atoms with Gasteiger partial charge in [0.1, 0.15) is 5.54 Å². The monoisotopic (exact) mass is 464 g/mol. The first kappa shape index (κ1) is 28.6. The molecule has 0 amide bonds. The van der Waals surface area contributed by atoms with Crippen LogP contribution in [0.1, 0.15) is 111 Å². The summed E-state index contributed by atoms with van der Waals surface area (Å²) in [6.07, 6.45) is 9.05. The maximum atomic E-state index is 2.56. The van der Waals surface area contributed by atoms with Gasteiger partial charge in [0.2, 0.25) is 0 Å². The second-order valence-corrected chi connectivity index (χ2v) is 11.5. The molecule has 2 rings (SSSR count). The van der Waals surface area contributed by atoms with Crippen LogP contribution in [-0.4, -0.2) is 29.7 Å². The number of quaternary nitrogens is 1. The minimum Gasteiger partial charge on any atom is -0.318 e. The van der Waals surface area contributed by atoms with Gasteiger partial charge in [-0.1, -0.05) is 93.8 Å². The van der Waals surface area contributed by atoms with Crippen molar-refractivity contribution in [3.05, 3.63) is 71.8 Å². The SMILES string of the molecule is CCCCCC[N+](CC)(CC)C(CCCC)(C(C)(C)c1ccccc1)C(C)(C)c1ccccc1. The third kappa shape index (κ3) is 5.15. The average Bonchev–Trinajstić information content (AvgIpc) is 2.86. The van der Waals surface area contributed by atoms with Gasteiger partial charge in [-0.15, -0.1) is 0 Å². The van der Waals surface area contributed by atoms with Gasteiger partial charge in [0, 0.05) is 17.3 Å². The van der Waals surface area contributed by atoms with Crippen LogP contribution in [0.4, 0.5) is 0 Å². The molecule has 34 heavy (non-hydrogen) atoms. The minimum atomic E-state index is -0.000449. The molecule has 0 aliphatic rings. The molecule has 190 valence electrons. The highest BCUT2D eigenvalue weighted by molar-refractivity contribution is 5.37. The molecule has 0 aliphatic heterocycles. The van der Waals surface area contributed by atoms with Crippen LogP contribution in [0.15, 0.2) is 60.7 Å². The zero-order valence-electron chi connectivity index (χ0n) is 23.8. The van der Waals surface area contributed by atoms with Crippen molar-refractivity contribution in [2.45, 2.75) is 117 Å². The Morgan fingerprint density at radius 3 is 1.38 bits per heavy atom. The number of hydrogen-bond acceptors (Lipinski definition) is 0. The lowest BCUT2D eigenvalue weighted by Crippen LogP contribution is -2.78. The third-order valence-corrected chi connectivity index (χ3v) is 9.41. The maximum absolute atomic E-state index is 2.56. The Morgan fingerprint density at radius 2 is 1.00 bits per heavy atom. The normalized spacial score (nSPS) is 13.3. The Balaban J connectivity index is 2.89. The van der Waals surface area contributed by atoms with Gasteiger partial charge < -0.3 is 4.48 Å². The fourth-order valence-electron chi connectivity index (χ4n) is 7.56. The Morgan fingerprint density at radius 1 is 0.559 bits per heavy atom. The molecule has 0 spiro atoms. The maximum Gasteiger partial charge on any atom is 0.118 e. The number of rotatable bonds is 15. The average molecular weight is 465 g/mol. The van der Waals surface area contributed by atoms with Crippen LogP contribution in [0.2, 0.25) is 0 Å². The van der Waals surface area contributed by atoms with E-state index in [0.29, 0.717) is 0 Å². The van der Waals surface area contributed by atoms with E-state index in [1.807, 2.05) is 0 Å². The van der Waals surface area contributed by atoms with Crippen molar-refractivity contribution in [2.75, 3.05) is 19.6 Å². The Kier molecular flexibility index (Phi) is 10.4. The van der Waals surface area contributed by atoms with E-state index in [1.54, 1.807) is 0 Å². The van der Waals surface area contributed by atoms with Crippen LogP contribution < -0.4 is 0 Å². The van der Waals surface area contributed by atoms with Crippen LogP contribution in [0.3, 0.4) is 0 Å². The molecule has 0 bridgehead atoms. The van der Waals surface area contributed by atoms with Gasteiger partial charge in [-0.2, -0.15) is 0 Å². The number of likely N-dealkylation sites (N-methyl/N-ethyl adjacent to an activating group) is 1. The summed E-state index contributed by atoms with van der Waals surface area (Å²) in [6, 6.07) is 22.9. The molecule has 0 radical (unpaired) electrons. The molecule has 0 atom stereocenters. The highest BCUT2D eigenvalue weighted by atomic mass is 15.4. The van der Waals surface area contributed by atoms with Gasteiger partial charge in [0.25, 0.3) is 0 Å². The van der Waals surface area contributed by atoms with Crippen molar-refractivity contribution in [1.29, 1.82) is 0 Å². The topological polar surface area (TPSA) is 0 Å². The van der Waals surface area contributed by atoms with Crippen LogP contribution in [0.25, 0.3) is 0 Å². The van der Waals surface area contributed by atoms with E-state index < -0.39 is 0 Å². The smallest absolute Gasteiger partial charge is 0.118 e. The number of benzene rings is 2. The standard InChI is InChI=1S/C33H54N/c1-9-13-15-22-28-34(11-3,12-4)33(27-14-10-2,31(5,6)29-23-18-16-19-24-29)32(7,8)30-25-20-17-21-26-30/h16-21,23-26H,9-15,22,27-28H2,1-8H3/q+1. The van der Waals surface area contributed by atoms with Gasteiger partial charge in [-0.25, -0.2) is 0 Å². The van der Waals surface area contributed by atoms with Crippen molar-refractivity contribution >= 4 is 0 Å². The summed E-state index contributed by atoms with van der Waals surface area (Å²) in [5, 5.41) is 0. The first-order valence-electron chi connectivity index (χ1n) is 14.2. The molecule has 0 saturated carbocycles. The molecular weight excluding hydrogens is 410 g/mol. The summed E-state index contributed by atoms with van der Waals surface area (Å²) >= 11 is 0. The van der Waals surface area contributed by atoms with Crippen molar-refractivity contribution in [3.63, 3.8) is 0 Å². The Bertz CT molecular complexity index is 763. The Hall–Kier alpha value is -1.60. The van der Waals surface area contributed by atoms with Crippen LogP contribution in [0.5, 0.6) is 0 Å². The largest absolute Gasteiger partial charge is 0.318 e. The molecule has 2 aromatic carbocycles. The summed E-state index contributed by atoms with van der Waals surface area (Å²) in [7, 11) is 0. The Labute approximate surface area is 212 Å². The van der Waals surface area contributed by atoms with E-state index >= 15 is 0 Å². The second-order valence-electron chi connectivity index (χ2n) is 11.5. The molecule has 0 aromatic heterocycles. The molecule has 0 fully saturated rings. The van der Waals surface area contributed by atoms with E-state index in [-0.39, 0.29) is 16.4 Å². The van der Waals surface area contributed by atoms with E-state index in [1.165, 1.54) is 80.2 Å². The number of unbranched alkanes of at least 4 members (excludes halogenated alkanes) is 4. The van der Waals surface area contributed by atoms with Crippen molar-refractivity contribution in [1.82, 2.24) is 0 Å². The molecule has 0 N–H and O–H groups in total. The van der Waals surface area contributed by atoms with Crippen LogP contribution in [0, 0.1) is 0 Å². The lowest BCUT2D eigenvalue weighted by molar-refractivity contribution is -0.984. The van der Waals surface area contributed by atoms with Crippen molar-refractivity contribution in [2.24, 2.45) is 0 Å². The van der Waals surface area contributed by atoms with Gasteiger partial charge in [0.15, 0.2) is 0 Å². The molecule has 0 heterocycles. The quantitative estimate of drug-likeness (QED) is 0.182. The summed E-state index contributed by atoms with van der Waals surface area (Å²) in [4.78, 5) is 0. The van der Waals surface area contributed by atoms with Crippen LogP contribution >= 0.6 is 0 Å². The second kappa shape index (κ2) is 12.4. The molecular formula is C33H54N+. The lowest BCUT2D eigenvalue weighted by Gasteiger charge is -2.66. The minimum absolute atomic E-state index is 0.000449. The van der Waals surface area contributed by atoms with Gasteiger partial charge >= 0.3 is 0 Å². The number of nitrogens with zero attached hydrogens (tertiary/aromatic N) is 1. The van der Waals surface area contributed by atoms with Gasteiger partial charge in [-0.3, -0.25) is 0 Å². The fourth-order valence-corrected chi connectivity index (χ4v) is 7.56. The van der Waals surface area contributed by atoms with Crippen LogP contribution in [-0.2, 0) is 10.8 Å². The summed E-state index contributed by atoms with van der Waals surface area (Å²) < 4.78 is 1.18. The first-order chi connectivity index (χ1) is 16.2. The molecule has 0 unspecified atom stereocenters. The molecule has 0 aliphatic carbocycles. The van der Waals surface area contributed by atoms with Crippen molar-refractivity contribution < 1.29 is 4.48 Å². The third-order valence-electron chi connectivity index (χ3n) is 9.41. The highest BCUT2D eigenvalue weighted by Gasteiger charge is 2.66. The fraction of sp³-hybridized carbons (Fsp3) is 0.636. The zero-order chi connectivity index (χ0) is 25.3.